The quantitative estimate of drug-likeness (QED) is 0.424. The lowest BCUT2D eigenvalue weighted by molar-refractivity contribution is -0.138. The van der Waals surface area contributed by atoms with Crippen molar-refractivity contribution in [1.82, 2.24) is 4.98 Å². The van der Waals surface area contributed by atoms with E-state index in [2.05, 4.69) is 9.98 Å². The number of hydrogen-bond donors (Lipinski definition) is 4. The summed E-state index contributed by atoms with van der Waals surface area (Å²) < 4.78 is 0. The van der Waals surface area contributed by atoms with Crippen LogP contribution in [-0.2, 0) is 11.2 Å². The van der Waals surface area contributed by atoms with E-state index in [4.69, 9.17) is 0 Å². The number of nitrogens with one attached hydrogen (secondary N) is 1. The van der Waals surface area contributed by atoms with Crippen LogP contribution in [0.3, 0.4) is 0 Å². The molecule has 0 amide bonds. The van der Waals surface area contributed by atoms with Gasteiger partial charge in [0.15, 0.2) is 6.04 Å². The fourth-order valence-corrected chi connectivity index (χ4v) is 2.81. The van der Waals surface area contributed by atoms with Crippen molar-refractivity contribution in [3.05, 3.63) is 59.8 Å². The van der Waals surface area contributed by atoms with Gasteiger partial charge >= 0.3 is 5.97 Å². The van der Waals surface area contributed by atoms with E-state index in [0.717, 1.165) is 16.5 Å². The monoisotopic (exact) mass is 338 g/mol. The molecule has 1 aromatic heterocycles. The molecule has 6 nitrogen and oxygen atoms in total. The van der Waals surface area contributed by atoms with Crippen molar-refractivity contribution < 1.29 is 20.1 Å². The molecule has 3 rings (SSSR count). The normalized spacial score (nSPS) is 13.1. The van der Waals surface area contributed by atoms with Gasteiger partial charge in [-0.15, -0.1) is 0 Å². The van der Waals surface area contributed by atoms with Gasteiger partial charge in [-0.3, -0.25) is 4.99 Å². The number of carbonyl (C=O) groups is 1. The number of fused-ring (bicyclic) bond motifs is 1. The number of nitrogens with zero attached hydrogens (tertiary/aromatic N) is 1. The van der Waals surface area contributed by atoms with Gasteiger partial charge in [0, 0.05) is 34.8 Å². The maximum Gasteiger partial charge on any atom is 0.328 e. The minimum atomic E-state index is -1.05. The number of aromatic hydroxyl groups is 2. The van der Waals surface area contributed by atoms with Crippen LogP contribution in [0.1, 0.15) is 18.1 Å². The van der Waals surface area contributed by atoms with E-state index in [1.807, 2.05) is 24.3 Å². The number of aromatic nitrogens is 1. The topological polar surface area (TPSA) is 106 Å². The Kier molecular flexibility index (Phi) is 4.43. The molecule has 128 valence electrons. The van der Waals surface area contributed by atoms with E-state index >= 15 is 0 Å². The van der Waals surface area contributed by atoms with Crippen molar-refractivity contribution in [2.24, 2.45) is 4.99 Å². The molecule has 0 saturated heterocycles. The number of phenols is 2. The van der Waals surface area contributed by atoms with Crippen molar-refractivity contribution in [1.29, 1.82) is 0 Å². The first-order valence-electron chi connectivity index (χ1n) is 7.80. The van der Waals surface area contributed by atoms with Crippen molar-refractivity contribution >= 4 is 22.6 Å². The van der Waals surface area contributed by atoms with E-state index in [0.29, 0.717) is 11.3 Å². The molecule has 0 aliphatic carbocycles. The van der Waals surface area contributed by atoms with Crippen molar-refractivity contribution in [3.63, 3.8) is 0 Å². The molecular formula is C19H18N2O4. The average Bonchev–Trinajstić information content (AvgIpc) is 2.99. The van der Waals surface area contributed by atoms with Gasteiger partial charge in [-0.25, -0.2) is 4.79 Å². The number of aromatic amines is 1. The third-order valence-corrected chi connectivity index (χ3v) is 4.09. The first-order chi connectivity index (χ1) is 12.0. The molecule has 25 heavy (non-hydrogen) atoms. The number of carboxylic acids is 1. The summed E-state index contributed by atoms with van der Waals surface area (Å²) in [7, 11) is 0. The predicted molar refractivity (Wildman–Crippen MR) is 95.4 cm³/mol. The van der Waals surface area contributed by atoms with E-state index in [1.165, 1.54) is 18.2 Å². The van der Waals surface area contributed by atoms with E-state index < -0.39 is 12.0 Å². The van der Waals surface area contributed by atoms with E-state index in [-0.39, 0.29) is 17.9 Å². The van der Waals surface area contributed by atoms with Crippen LogP contribution in [0.25, 0.3) is 10.9 Å². The maximum atomic E-state index is 11.7. The van der Waals surface area contributed by atoms with Crippen LogP contribution in [0.5, 0.6) is 11.5 Å². The summed E-state index contributed by atoms with van der Waals surface area (Å²) in [6.45, 7) is 1.61. The standard InChI is InChI=1S/C19H18N2O4/c1-11(15-9-13(22)6-7-18(15)23)21-17(19(24)25)8-12-10-20-16-5-3-2-4-14(12)16/h2-7,9-10,17,20,22-23H,8H2,1H3,(H,24,25). The van der Waals surface area contributed by atoms with Crippen LogP contribution in [0.4, 0.5) is 0 Å². The van der Waals surface area contributed by atoms with Crippen LogP contribution >= 0.6 is 0 Å². The largest absolute Gasteiger partial charge is 0.508 e. The van der Waals surface area contributed by atoms with Crippen molar-refractivity contribution in [2.75, 3.05) is 0 Å². The summed E-state index contributed by atoms with van der Waals surface area (Å²) >= 11 is 0. The Morgan fingerprint density at radius 2 is 1.96 bits per heavy atom. The zero-order valence-electron chi connectivity index (χ0n) is 13.6. The van der Waals surface area contributed by atoms with Crippen LogP contribution < -0.4 is 0 Å². The predicted octanol–water partition coefficient (Wildman–Crippen LogP) is 3.08. The minimum Gasteiger partial charge on any atom is -0.508 e. The van der Waals surface area contributed by atoms with E-state index in [9.17, 15) is 20.1 Å². The Morgan fingerprint density at radius 1 is 1.20 bits per heavy atom. The van der Waals surface area contributed by atoms with Gasteiger partial charge in [0.2, 0.25) is 0 Å². The molecule has 0 radical (unpaired) electrons. The van der Waals surface area contributed by atoms with Gasteiger partial charge in [-0.2, -0.15) is 0 Å². The lowest BCUT2D eigenvalue weighted by Crippen LogP contribution is -2.22. The van der Waals surface area contributed by atoms with Crippen LogP contribution in [-0.4, -0.2) is 38.0 Å². The number of hydrogen-bond acceptors (Lipinski definition) is 4. The van der Waals surface area contributed by atoms with Crippen molar-refractivity contribution in [3.8, 4) is 11.5 Å². The Balaban J connectivity index is 1.93. The first kappa shape index (κ1) is 16.6. The summed E-state index contributed by atoms with van der Waals surface area (Å²) in [5, 5.41) is 30.0. The number of aliphatic carboxylic acids is 1. The maximum absolute atomic E-state index is 11.7. The second-order valence-corrected chi connectivity index (χ2v) is 5.83. The molecule has 6 heteroatoms. The highest BCUT2D eigenvalue weighted by molar-refractivity contribution is 6.02. The van der Waals surface area contributed by atoms with Gasteiger partial charge < -0.3 is 20.3 Å². The van der Waals surface area contributed by atoms with Gasteiger partial charge in [0.1, 0.15) is 11.5 Å². The van der Waals surface area contributed by atoms with Crippen LogP contribution in [0.2, 0.25) is 0 Å². The third kappa shape index (κ3) is 3.47. The number of benzene rings is 2. The van der Waals surface area contributed by atoms with Crippen LogP contribution in [0.15, 0.2) is 53.7 Å². The average molecular weight is 338 g/mol. The number of rotatable bonds is 5. The zero-order valence-corrected chi connectivity index (χ0v) is 13.6. The van der Waals surface area contributed by atoms with Gasteiger partial charge in [-0.05, 0) is 36.8 Å². The zero-order chi connectivity index (χ0) is 18.0. The molecule has 1 atom stereocenters. The fraction of sp³-hybridized carbons (Fsp3) is 0.158. The Labute approximate surface area is 144 Å². The second kappa shape index (κ2) is 6.68. The highest BCUT2D eigenvalue weighted by Gasteiger charge is 2.20. The third-order valence-electron chi connectivity index (χ3n) is 4.09. The molecule has 0 saturated carbocycles. The van der Waals surface area contributed by atoms with Gasteiger partial charge in [0.25, 0.3) is 0 Å². The van der Waals surface area contributed by atoms with Crippen LogP contribution in [0, 0.1) is 0 Å². The molecule has 4 N–H and O–H groups in total. The highest BCUT2D eigenvalue weighted by Crippen LogP contribution is 2.24. The molecule has 0 spiro atoms. The van der Waals surface area contributed by atoms with Gasteiger partial charge in [-0.1, -0.05) is 18.2 Å². The molecule has 2 aromatic carbocycles. The molecular weight excluding hydrogens is 320 g/mol. The summed E-state index contributed by atoms with van der Waals surface area (Å²) in [5.41, 5.74) is 2.46. The number of H-pyrrole nitrogens is 1. The molecule has 0 bridgehead atoms. The Morgan fingerprint density at radius 3 is 2.72 bits per heavy atom. The second-order valence-electron chi connectivity index (χ2n) is 5.83. The fourth-order valence-electron chi connectivity index (χ4n) is 2.81. The molecule has 0 fully saturated rings. The van der Waals surface area contributed by atoms with Crippen molar-refractivity contribution in [2.45, 2.75) is 19.4 Å². The minimum absolute atomic E-state index is 0.0224. The number of para-hydroxylation sites is 1. The summed E-state index contributed by atoms with van der Waals surface area (Å²) in [6.07, 6.45) is 2.01. The number of aliphatic imine (C=N–C) groups is 1. The molecule has 0 aliphatic heterocycles. The molecule has 3 aromatic rings. The van der Waals surface area contributed by atoms with Gasteiger partial charge in [0.05, 0.1) is 0 Å². The summed E-state index contributed by atoms with van der Waals surface area (Å²) in [6, 6.07) is 10.7. The van der Waals surface area contributed by atoms with E-state index in [1.54, 1.807) is 13.1 Å². The molecule has 0 aliphatic rings. The molecule has 1 unspecified atom stereocenters. The first-order valence-corrected chi connectivity index (χ1v) is 7.80. The SMILES string of the molecule is CC(=NC(Cc1c[nH]c2ccccc12)C(=O)O)c1cc(O)ccc1O. The Bertz CT molecular complexity index is 959. The smallest absolute Gasteiger partial charge is 0.328 e. The summed E-state index contributed by atoms with van der Waals surface area (Å²) in [5.74, 6) is -1.13. The Hall–Kier alpha value is -3.28. The summed E-state index contributed by atoms with van der Waals surface area (Å²) in [4.78, 5) is 19.0. The lowest BCUT2D eigenvalue weighted by atomic mass is 10.0. The highest BCUT2D eigenvalue weighted by atomic mass is 16.4. The molecule has 1 heterocycles. The number of phenolic OH excluding ortho intramolecular Hbond substituents is 2. The lowest BCUT2D eigenvalue weighted by Gasteiger charge is -2.11. The number of carboxylic acid groups (broad SMARTS) is 1.